The largest absolute Gasteiger partial charge is 0.324 e. The number of nitrogens with two attached hydrogens (primary N) is 1. The van der Waals surface area contributed by atoms with Gasteiger partial charge in [-0.25, -0.2) is 8.42 Å². The summed E-state index contributed by atoms with van der Waals surface area (Å²) in [4.78, 5) is 0.312. The number of hydrogen-bond acceptors (Lipinski definition) is 4. The van der Waals surface area contributed by atoms with Crippen molar-refractivity contribution in [2.45, 2.75) is 30.8 Å². The molecule has 2 N–H and O–H groups in total. The van der Waals surface area contributed by atoms with E-state index in [1.165, 1.54) is 6.26 Å². The van der Waals surface area contributed by atoms with E-state index in [-0.39, 0.29) is 6.04 Å². The number of benzene rings is 1. The number of rotatable bonds is 5. The van der Waals surface area contributed by atoms with Crippen molar-refractivity contribution >= 4 is 9.84 Å². The first-order valence-corrected chi connectivity index (χ1v) is 8.36. The highest BCUT2D eigenvalue weighted by Gasteiger charge is 2.11. The molecular weight excluding hydrogens is 274 g/mol. The number of sulfone groups is 1. The van der Waals surface area contributed by atoms with Crippen LogP contribution < -0.4 is 5.73 Å². The minimum absolute atomic E-state index is 0.168. The van der Waals surface area contributed by atoms with Crippen molar-refractivity contribution in [1.29, 1.82) is 0 Å². The molecule has 2 aromatic rings. The van der Waals surface area contributed by atoms with E-state index in [2.05, 4.69) is 5.10 Å². The molecule has 0 bridgehead atoms. The fraction of sp³-hybridized carbons (Fsp3) is 0.357. The predicted octanol–water partition coefficient (Wildman–Crippen LogP) is 1.55. The monoisotopic (exact) mass is 293 g/mol. The minimum atomic E-state index is -3.16. The van der Waals surface area contributed by atoms with Gasteiger partial charge in [0.25, 0.3) is 0 Å². The first kappa shape index (κ1) is 14.7. The van der Waals surface area contributed by atoms with Gasteiger partial charge in [-0.1, -0.05) is 12.1 Å². The zero-order chi connectivity index (χ0) is 14.8. The van der Waals surface area contributed by atoms with Crippen LogP contribution in [0, 0.1) is 0 Å². The quantitative estimate of drug-likeness (QED) is 0.907. The van der Waals surface area contributed by atoms with Crippen molar-refractivity contribution in [3.8, 4) is 0 Å². The third-order valence-electron chi connectivity index (χ3n) is 3.20. The number of aromatic nitrogens is 2. The SMILES string of the molecule is CCn1cc(CC(N)c2ccc(S(C)(=O)=O)cc2)cn1. The van der Waals surface area contributed by atoms with Gasteiger partial charge in [0.05, 0.1) is 11.1 Å². The van der Waals surface area contributed by atoms with Gasteiger partial charge in [0.15, 0.2) is 9.84 Å². The summed E-state index contributed by atoms with van der Waals surface area (Å²) in [5.41, 5.74) is 8.14. The van der Waals surface area contributed by atoms with Crippen LogP contribution in [0.15, 0.2) is 41.6 Å². The average Bonchev–Trinajstić information content (AvgIpc) is 2.85. The Bertz CT molecular complexity index is 675. The zero-order valence-corrected chi connectivity index (χ0v) is 12.5. The van der Waals surface area contributed by atoms with Crippen molar-refractivity contribution in [3.05, 3.63) is 47.8 Å². The zero-order valence-electron chi connectivity index (χ0n) is 11.7. The second kappa shape index (κ2) is 5.76. The molecule has 0 saturated heterocycles. The second-order valence-electron chi connectivity index (χ2n) is 4.86. The highest BCUT2D eigenvalue weighted by molar-refractivity contribution is 7.90. The lowest BCUT2D eigenvalue weighted by Gasteiger charge is -2.11. The van der Waals surface area contributed by atoms with E-state index in [1.54, 1.807) is 24.3 Å². The Balaban J connectivity index is 2.11. The molecule has 0 aliphatic rings. The Kier molecular flexibility index (Phi) is 4.25. The summed E-state index contributed by atoms with van der Waals surface area (Å²) in [5.74, 6) is 0. The van der Waals surface area contributed by atoms with Crippen LogP contribution in [0.3, 0.4) is 0 Å². The van der Waals surface area contributed by atoms with Crippen LogP contribution in [0.5, 0.6) is 0 Å². The third kappa shape index (κ3) is 3.46. The Morgan fingerprint density at radius 1 is 1.30 bits per heavy atom. The molecule has 1 aromatic heterocycles. The van der Waals surface area contributed by atoms with Crippen LogP contribution in [0.4, 0.5) is 0 Å². The van der Waals surface area contributed by atoms with Crippen molar-refractivity contribution in [2.75, 3.05) is 6.26 Å². The van der Waals surface area contributed by atoms with E-state index < -0.39 is 9.84 Å². The molecule has 0 fully saturated rings. The summed E-state index contributed by atoms with van der Waals surface area (Å²) in [6.07, 6.45) is 5.66. The Hall–Kier alpha value is -1.66. The molecule has 1 unspecified atom stereocenters. The van der Waals surface area contributed by atoms with E-state index in [9.17, 15) is 8.42 Å². The smallest absolute Gasteiger partial charge is 0.175 e. The molecule has 0 spiro atoms. The fourth-order valence-electron chi connectivity index (χ4n) is 2.02. The van der Waals surface area contributed by atoms with Crippen molar-refractivity contribution in [2.24, 2.45) is 5.73 Å². The molecular formula is C14H19N3O2S. The predicted molar refractivity (Wildman–Crippen MR) is 78.1 cm³/mol. The molecule has 0 aliphatic carbocycles. The normalized spacial score (nSPS) is 13.3. The number of nitrogens with zero attached hydrogens (tertiary/aromatic N) is 2. The van der Waals surface area contributed by atoms with Crippen LogP contribution in [-0.4, -0.2) is 24.5 Å². The molecule has 5 nitrogen and oxygen atoms in total. The van der Waals surface area contributed by atoms with Gasteiger partial charge in [0, 0.05) is 25.0 Å². The summed E-state index contributed by atoms with van der Waals surface area (Å²) in [5, 5.41) is 4.21. The molecule has 2 rings (SSSR count). The van der Waals surface area contributed by atoms with Crippen molar-refractivity contribution in [3.63, 3.8) is 0 Å². The Morgan fingerprint density at radius 3 is 2.45 bits per heavy atom. The van der Waals surface area contributed by atoms with E-state index >= 15 is 0 Å². The van der Waals surface area contributed by atoms with Gasteiger partial charge >= 0.3 is 0 Å². The molecule has 1 atom stereocenters. The molecule has 1 heterocycles. The van der Waals surface area contributed by atoms with Crippen LogP contribution in [0.25, 0.3) is 0 Å². The number of aryl methyl sites for hydroxylation is 1. The standard InChI is InChI=1S/C14H19N3O2S/c1-3-17-10-11(9-16-17)8-14(15)12-4-6-13(7-5-12)20(2,18)19/h4-7,9-10,14H,3,8,15H2,1-2H3. The maximum absolute atomic E-state index is 11.4. The molecule has 20 heavy (non-hydrogen) atoms. The summed E-state index contributed by atoms with van der Waals surface area (Å²) in [7, 11) is -3.16. The van der Waals surface area contributed by atoms with Gasteiger partial charge in [-0.15, -0.1) is 0 Å². The van der Waals surface area contributed by atoms with Crippen molar-refractivity contribution in [1.82, 2.24) is 9.78 Å². The van der Waals surface area contributed by atoms with Crippen molar-refractivity contribution < 1.29 is 8.42 Å². The maximum Gasteiger partial charge on any atom is 0.175 e. The summed E-state index contributed by atoms with van der Waals surface area (Å²) in [6.45, 7) is 2.86. The fourth-order valence-corrected chi connectivity index (χ4v) is 2.65. The van der Waals surface area contributed by atoms with Crippen LogP contribution in [-0.2, 0) is 22.8 Å². The van der Waals surface area contributed by atoms with E-state index in [4.69, 9.17) is 5.73 Å². The lowest BCUT2D eigenvalue weighted by molar-refractivity contribution is 0.601. The van der Waals surface area contributed by atoms with Gasteiger partial charge in [0.2, 0.25) is 0 Å². The highest BCUT2D eigenvalue weighted by Crippen LogP contribution is 2.18. The first-order valence-electron chi connectivity index (χ1n) is 6.47. The molecule has 6 heteroatoms. The summed E-state index contributed by atoms with van der Waals surface area (Å²) in [6, 6.07) is 6.56. The van der Waals surface area contributed by atoms with E-state index in [0.29, 0.717) is 11.3 Å². The van der Waals surface area contributed by atoms with Crippen LogP contribution >= 0.6 is 0 Å². The summed E-state index contributed by atoms with van der Waals surface area (Å²) >= 11 is 0. The lowest BCUT2D eigenvalue weighted by Crippen LogP contribution is -2.13. The lowest BCUT2D eigenvalue weighted by atomic mass is 10.0. The topological polar surface area (TPSA) is 78.0 Å². The van der Waals surface area contributed by atoms with E-state index in [0.717, 1.165) is 17.7 Å². The summed E-state index contributed by atoms with van der Waals surface area (Å²) < 4.78 is 24.7. The Labute approximate surface area is 119 Å². The molecule has 0 radical (unpaired) electrons. The van der Waals surface area contributed by atoms with Gasteiger partial charge in [0.1, 0.15) is 0 Å². The van der Waals surface area contributed by atoms with Gasteiger partial charge in [-0.05, 0) is 36.6 Å². The molecule has 108 valence electrons. The third-order valence-corrected chi connectivity index (χ3v) is 4.33. The second-order valence-corrected chi connectivity index (χ2v) is 6.87. The highest BCUT2D eigenvalue weighted by atomic mass is 32.2. The molecule has 0 aliphatic heterocycles. The minimum Gasteiger partial charge on any atom is -0.324 e. The van der Waals surface area contributed by atoms with Gasteiger partial charge in [-0.2, -0.15) is 5.10 Å². The first-order chi connectivity index (χ1) is 9.40. The maximum atomic E-state index is 11.4. The Morgan fingerprint density at radius 2 is 1.95 bits per heavy atom. The van der Waals surface area contributed by atoms with E-state index in [1.807, 2.05) is 24.0 Å². The van der Waals surface area contributed by atoms with Gasteiger partial charge < -0.3 is 5.73 Å². The molecule has 0 amide bonds. The van der Waals surface area contributed by atoms with Gasteiger partial charge in [-0.3, -0.25) is 4.68 Å². The average molecular weight is 293 g/mol. The molecule has 1 aromatic carbocycles. The number of hydrogen-bond donors (Lipinski definition) is 1. The molecule has 0 saturated carbocycles. The van der Waals surface area contributed by atoms with Crippen LogP contribution in [0.2, 0.25) is 0 Å². The van der Waals surface area contributed by atoms with Crippen LogP contribution in [0.1, 0.15) is 24.1 Å².